The highest BCUT2D eigenvalue weighted by Gasteiger charge is 2.36. The average Bonchev–Trinajstić information content (AvgIpc) is 2.94. The van der Waals surface area contributed by atoms with Gasteiger partial charge >= 0.3 is 15.9 Å². The normalized spacial score (nSPS) is 16.0. The summed E-state index contributed by atoms with van der Waals surface area (Å²) < 4.78 is 34.4. The quantitative estimate of drug-likeness (QED) is 0.0945. The third-order valence-corrected chi connectivity index (χ3v) is 10.7. The van der Waals surface area contributed by atoms with Gasteiger partial charge in [0.1, 0.15) is 13.2 Å². The largest absolute Gasteiger partial charge is 0.697 e. The summed E-state index contributed by atoms with van der Waals surface area (Å²) in [5.41, 5.74) is -0.430. The van der Waals surface area contributed by atoms with E-state index in [-0.39, 0.29) is 5.92 Å². The van der Waals surface area contributed by atoms with Crippen molar-refractivity contribution in [2.24, 2.45) is 23.7 Å². The van der Waals surface area contributed by atoms with Gasteiger partial charge in [-0.05, 0) is 49.4 Å². The summed E-state index contributed by atoms with van der Waals surface area (Å²) in [7, 11) is -5.92. The molecule has 0 spiro atoms. The fourth-order valence-electron chi connectivity index (χ4n) is 5.23. The Hall–Kier alpha value is 0.170. The summed E-state index contributed by atoms with van der Waals surface area (Å²) >= 11 is 0. The maximum Gasteiger partial charge on any atom is 0.697 e. The first-order chi connectivity index (χ1) is 19.1. The molecule has 2 N–H and O–H groups in total. The van der Waals surface area contributed by atoms with Crippen LogP contribution in [0.3, 0.4) is 0 Å². The van der Waals surface area contributed by atoms with E-state index in [4.69, 9.17) is 9.05 Å². The van der Waals surface area contributed by atoms with Crippen LogP contribution in [0.15, 0.2) is 0 Å². The molecule has 0 bridgehead atoms. The van der Waals surface area contributed by atoms with Gasteiger partial charge in [0, 0.05) is 4.57 Å². The first kappa shape index (κ1) is 42.3. The Bertz CT molecular complexity index is 590. The molecule has 40 heavy (non-hydrogen) atoms. The van der Waals surface area contributed by atoms with Crippen LogP contribution in [0, 0.1) is 23.7 Å². The van der Waals surface area contributed by atoms with E-state index >= 15 is 0 Å². The molecular weight excluding hydrogens is 542 g/mol. The van der Waals surface area contributed by atoms with Gasteiger partial charge < -0.3 is 9.79 Å². The first-order valence-electron chi connectivity index (χ1n) is 16.9. The minimum Gasteiger partial charge on any atom is -0.324 e. The van der Waals surface area contributed by atoms with Crippen molar-refractivity contribution in [3.05, 3.63) is 0 Å². The van der Waals surface area contributed by atoms with Crippen molar-refractivity contribution in [2.45, 2.75) is 170 Å². The van der Waals surface area contributed by atoms with Gasteiger partial charge in [0.15, 0.2) is 0 Å². The molecule has 0 amide bonds. The molecule has 0 aromatic heterocycles. The lowest BCUT2D eigenvalue weighted by Crippen LogP contribution is -2.24. The molecule has 0 radical (unpaired) electrons. The van der Waals surface area contributed by atoms with E-state index in [1.54, 1.807) is 0 Å². The fourth-order valence-corrected chi connectivity index (χ4v) is 7.45. The van der Waals surface area contributed by atoms with Gasteiger partial charge in [0.2, 0.25) is 0 Å². The van der Waals surface area contributed by atoms with Crippen molar-refractivity contribution in [1.29, 1.82) is 0 Å². The van der Waals surface area contributed by atoms with Crippen LogP contribution < -0.4 is 0 Å². The lowest BCUT2D eigenvalue weighted by molar-refractivity contribution is 0.167. The van der Waals surface area contributed by atoms with Gasteiger partial charge in [-0.1, -0.05) is 139 Å². The second kappa shape index (κ2) is 28.0. The molecular formula is C32H69O6P2+. The van der Waals surface area contributed by atoms with E-state index in [0.717, 1.165) is 77.0 Å². The van der Waals surface area contributed by atoms with Gasteiger partial charge in [0.05, 0.1) is 5.66 Å². The van der Waals surface area contributed by atoms with Crippen LogP contribution in [0.4, 0.5) is 0 Å². The molecule has 0 aliphatic carbocycles. The SMILES string of the molecule is CCCCC(CC)CC(C(CC)CCCC)P(=O)(O)O.CCCCC(CC)CO[P+](=O)OCC(CC)CCCC. The predicted octanol–water partition coefficient (Wildman–Crippen LogP) is 11.5. The molecule has 0 aliphatic heterocycles. The Kier molecular flexibility index (Phi) is 29.6. The molecule has 5 atom stereocenters. The Balaban J connectivity index is 0. The van der Waals surface area contributed by atoms with E-state index in [2.05, 4.69) is 55.4 Å². The second-order valence-electron chi connectivity index (χ2n) is 11.8. The van der Waals surface area contributed by atoms with Crippen LogP contribution in [0.1, 0.15) is 165 Å². The smallest absolute Gasteiger partial charge is 0.324 e. The third kappa shape index (κ3) is 22.7. The number of hydrogen-bond donors (Lipinski definition) is 2. The molecule has 6 nitrogen and oxygen atoms in total. The van der Waals surface area contributed by atoms with Crippen molar-refractivity contribution >= 4 is 15.9 Å². The third-order valence-electron chi connectivity index (χ3n) is 8.46. The van der Waals surface area contributed by atoms with Gasteiger partial charge in [-0.15, -0.1) is 9.05 Å². The molecule has 0 heterocycles. The predicted molar refractivity (Wildman–Crippen MR) is 173 cm³/mol. The minimum absolute atomic E-state index is 0.173. The van der Waals surface area contributed by atoms with Gasteiger partial charge in [0.25, 0.3) is 0 Å². The van der Waals surface area contributed by atoms with Crippen LogP contribution in [0.5, 0.6) is 0 Å². The highest BCUT2D eigenvalue weighted by molar-refractivity contribution is 7.52. The molecule has 8 heteroatoms. The molecule has 0 saturated heterocycles. The fraction of sp³-hybridized carbons (Fsp3) is 1.00. The highest BCUT2D eigenvalue weighted by atomic mass is 31.2. The van der Waals surface area contributed by atoms with Crippen LogP contribution in [-0.2, 0) is 18.2 Å². The van der Waals surface area contributed by atoms with Crippen LogP contribution in [0.25, 0.3) is 0 Å². The summed E-state index contributed by atoms with van der Waals surface area (Å²) in [6.07, 6.45) is 18.5. The van der Waals surface area contributed by atoms with Crippen molar-refractivity contribution in [2.75, 3.05) is 13.2 Å². The van der Waals surface area contributed by atoms with Crippen molar-refractivity contribution in [3.63, 3.8) is 0 Å². The molecule has 242 valence electrons. The molecule has 0 fully saturated rings. The van der Waals surface area contributed by atoms with E-state index in [0.29, 0.717) is 37.4 Å². The highest BCUT2D eigenvalue weighted by Crippen LogP contribution is 2.50. The first-order valence-corrected chi connectivity index (χ1v) is 19.6. The maximum absolute atomic E-state index is 11.9. The lowest BCUT2D eigenvalue weighted by Gasteiger charge is -2.30. The Morgan fingerprint density at radius 3 is 1.30 bits per heavy atom. The van der Waals surface area contributed by atoms with Crippen molar-refractivity contribution in [3.8, 4) is 0 Å². The van der Waals surface area contributed by atoms with Gasteiger partial charge in [-0.25, -0.2) is 0 Å². The molecule has 5 unspecified atom stereocenters. The van der Waals surface area contributed by atoms with E-state index in [9.17, 15) is 18.9 Å². The summed E-state index contributed by atoms with van der Waals surface area (Å²) in [5, 5.41) is 0. The lowest BCUT2D eigenvalue weighted by atomic mass is 9.86. The second-order valence-corrected chi connectivity index (χ2v) is 14.6. The molecule has 0 aliphatic rings. The Morgan fingerprint density at radius 1 is 0.600 bits per heavy atom. The van der Waals surface area contributed by atoms with Crippen LogP contribution in [0.2, 0.25) is 0 Å². The van der Waals surface area contributed by atoms with Crippen molar-refractivity contribution in [1.82, 2.24) is 0 Å². The summed E-state index contributed by atoms with van der Waals surface area (Å²) in [6.45, 7) is 18.4. The van der Waals surface area contributed by atoms with Crippen LogP contribution in [-0.4, -0.2) is 28.7 Å². The van der Waals surface area contributed by atoms with Gasteiger partial charge in [-0.2, -0.15) is 0 Å². The summed E-state index contributed by atoms with van der Waals surface area (Å²) in [6, 6.07) is 0. The summed E-state index contributed by atoms with van der Waals surface area (Å²) in [5.74, 6) is 1.66. The molecule has 0 saturated carbocycles. The van der Waals surface area contributed by atoms with E-state index in [1.807, 2.05) is 0 Å². The zero-order valence-electron chi connectivity index (χ0n) is 27.7. The zero-order valence-corrected chi connectivity index (χ0v) is 29.5. The topological polar surface area (TPSA) is 93.1 Å². The van der Waals surface area contributed by atoms with Gasteiger partial charge in [-0.3, -0.25) is 4.57 Å². The number of hydrogen-bond acceptors (Lipinski definition) is 4. The zero-order chi connectivity index (χ0) is 30.8. The maximum atomic E-state index is 11.9. The number of unbranched alkanes of at least 4 members (excludes halogenated alkanes) is 4. The number of rotatable bonds is 26. The minimum atomic E-state index is -3.99. The summed E-state index contributed by atoms with van der Waals surface area (Å²) in [4.78, 5) is 19.5. The van der Waals surface area contributed by atoms with E-state index in [1.165, 1.54) is 25.7 Å². The average molecular weight is 612 g/mol. The van der Waals surface area contributed by atoms with E-state index < -0.39 is 21.5 Å². The molecule has 0 aromatic carbocycles. The molecule has 0 rings (SSSR count). The monoisotopic (exact) mass is 611 g/mol. The van der Waals surface area contributed by atoms with Crippen LogP contribution >= 0.6 is 15.9 Å². The Morgan fingerprint density at radius 2 is 0.975 bits per heavy atom. The standard InChI is InChI=1S/C16H34O3P.C16H35O3P/c1-5-9-11-15(7-3)13-18-20(17)19-14-16(8-4)12-10-6-2;1-5-9-11-14(7-3)13-16(20(17,18)19)15(8-4)12-10-6-2/h15-16H,5-14H2,1-4H3;14-16H,5-13H2,1-4H3,(H2,17,18,19)/q+1;. The Labute approximate surface area is 250 Å². The van der Waals surface area contributed by atoms with Crippen molar-refractivity contribution < 1.29 is 28.0 Å². The molecule has 0 aromatic rings.